The molecule has 0 atom stereocenters. The lowest BCUT2D eigenvalue weighted by molar-refractivity contribution is 0.366. The number of anilines is 1. The molecule has 3 heteroatoms. The minimum Gasteiger partial charge on any atom is -0.398 e. The molecule has 2 nitrogen and oxygen atoms in total. The Kier molecular flexibility index (Phi) is 3.20. The van der Waals surface area contributed by atoms with Crippen molar-refractivity contribution in [2.75, 3.05) is 5.73 Å². The molecule has 0 saturated heterocycles. The average Bonchev–Trinajstić information content (AvgIpc) is 2.33. The summed E-state index contributed by atoms with van der Waals surface area (Å²) in [5, 5.41) is 9.46. The molecule has 1 fully saturated rings. The predicted molar refractivity (Wildman–Crippen MR) is 68.9 cm³/mol. The minimum absolute atomic E-state index is 0.283. The van der Waals surface area contributed by atoms with Crippen LogP contribution in [0.4, 0.5) is 5.69 Å². The number of hydrogen-bond donors (Lipinski definition) is 1. The van der Waals surface area contributed by atoms with Crippen LogP contribution in [0.25, 0.3) is 0 Å². The van der Waals surface area contributed by atoms with E-state index in [1.54, 1.807) is 0 Å². The lowest BCUT2D eigenvalue weighted by atomic mass is 9.70. The lowest BCUT2D eigenvalue weighted by Gasteiger charge is -2.31. The summed E-state index contributed by atoms with van der Waals surface area (Å²) in [5.74, 6) is 0. The molecule has 0 bridgehead atoms. The van der Waals surface area contributed by atoms with Gasteiger partial charge in [-0.15, -0.1) is 0 Å². The highest BCUT2D eigenvalue weighted by molar-refractivity contribution is 9.10. The Morgan fingerprint density at radius 2 is 1.94 bits per heavy atom. The van der Waals surface area contributed by atoms with Crippen LogP contribution in [0.1, 0.15) is 37.7 Å². The molecule has 1 aliphatic rings. The molecule has 0 amide bonds. The molecule has 0 radical (unpaired) electrons. The van der Waals surface area contributed by atoms with Crippen LogP contribution >= 0.6 is 15.9 Å². The third kappa shape index (κ3) is 1.94. The van der Waals surface area contributed by atoms with Gasteiger partial charge in [-0.3, -0.25) is 0 Å². The Labute approximate surface area is 105 Å². The maximum Gasteiger partial charge on any atom is 0.0822 e. The minimum atomic E-state index is -0.283. The number of nitrogens with zero attached hydrogens (tertiary/aromatic N) is 1. The fourth-order valence-electron chi connectivity index (χ4n) is 2.45. The second kappa shape index (κ2) is 4.47. The number of nitriles is 1. The number of benzene rings is 1. The molecule has 84 valence electrons. The van der Waals surface area contributed by atoms with Crippen molar-refractivity contribution in [1.82, 2.24) is 0 Å². The van der Waals surface area contributed by atoms with E-state index in [1.807, 2.05) is 18.2 Å². The Balaban J connectivity index is 2.40. The van der Waals surface area contributed by atoms with Crippen LogP contribution in [-0.4, -0.2) is 0 Å². The summed E-state index contributed by atoms with van der Waals surface area (Å²) in [6.45, 7) is 0. The normalized spacial score (nSPS) is 19.0. The summed E-state index contributed by atoms with van der Waals surface area (Å²) in [4.78, 5) is 0. The quantitative estimate of drug-likeness (QED) is 0.796. The van der Waals surface area contributed by atoms with Gasteiger partial charge in [-0.25, -0.2) is 0 Å². The summed E-state index contributed by atoms with van der Waals surface area (Å²) in [5.41, 5.74) is 7.33. The molecule has 1 saturated carbocycles. The standard InChI is InChI=1S/C13H15BrN2/c14-11-8-10(4-5-12(11)16)13(9-15)6-2-1-3-7-13/h4-5,8H,1-3,6-7,16H2. The average molecular weight is 279 g/mol. The van der Waals surface area contributed by atoms with Gasteiger partial charge < -0.3 is 5.73 Å². The van der Waals surface area contributed by atoms with Crippen LogP contribution in [0, 0.1) is 11.3 Å². The van der Waals surface area contributed by atoms with Crippen molar-refractivity contribution in [2.24, 2.45) is 0 Å². The zero-order valence-corrected chi connectivity index (χ0v) is 10.8. The number of nitrogens with two attached hydrogens (primary N) is 1. The first-order valence-corrected chi connectivity index (χ1v) is 6.44. The lowest BCUT2D eigenvalue weighted by Crippen LogP contribution is -2.27. The van der Waals surface area contributed by atoms with Crippen molar-refractivity contribution in [2.45, 2.75) is 37.5 Å². The Bertz CT molecular complexity index is 428. The van der Waals surface area contributed by atoms with E-state index in [-0.39, 0.29) is 5.41 Å². The van der Waals surface area contributed by atoms with Crippen LogP contribution in [0.5, 0.6) is 0 Å². The van der Waals surface area contributed by atoms with Gasteiger partial charge in [0.15, 0.2) is 0 Å². The van der Waals surface area contributed by atoms with Crippen molar-refractivity contribution in [3.05, 3.63) is 28.2 Å². The van der Waals surface area contributed by atoms with Crippen molar-refractivity contribution in [3.8, 4) is 6.07 Å². The first-order valence-electron chi connectivity index (χ1n) is 5.65. The fraction of sp³-hybridized carbons (Fsp3) is 0.462. The van der Waals surface area contributed by atoms with E-state index in [9.17, 15) is 5.26 Å². The summed E-state index contributed by atoms with van der Waals surface area (Å²) in [7, 11) is 0. The zero-order chi connectivity index (χ0) is 11.6. The van der Waals surface area contributed by atoms with Crippen LogP contribution in [-0.2, 0) is 5.41 Å². The molecule has 2 rings (SSSR count). The van der Waals surface area contributed by atoms with E-state index >= 15 is 0 Å². The maximum absolute atomic E-state index is 9.46. The zero-order valence-electron chi connectivity index (χ0n) is 9.17. The van der Waals surface area contributed by atoms with Crippen LogP contribution in [0.3, 0.4) is 0 Å². The van der Waals surface area contributed by atoms with Crippen LogP contribution < -0.4 is 5.73 Å². The summed E-state index contributed by atoms with van der Waals surface area (Å²) >= 11 is 3.43. The first-order chi connectivity index (χ1) is 7.68. The second-order valence-electron chi connectivity index (χ2n) is 4.49. The van der Waals surface area contributed by atoms with Crippen molar-refractivity contribution in [1.29, 1.82) is 5.26 Å². The molecular formula is C13H15BrN2. The highest BCUT2D eigenvalue weighted by Crippen LogP contribution is 2.40. The van der Waals surface area contributed by atoms with E-state index in [0.717, 1.165) is 41.4 Å². The first kappa shape index (κ1) is 11.5. The number of nitrogen functional groups attached to an aromatic ring is 1. The van der Waals surface area contributed by atoms with Gasteiger partial charge in [0.2, 0.25) is 0 Å². The van der Waals surface area contributed by atoms with Gasteiger partial charge in [-0.2, -0.15) is 5.26 Å². The summed E-state index contributed by atoms with van der Waals surface area (Å²) in [6, 6.07) is 8.40. The smallest absolute Gasteiger partial charge is 0.0822 e. The predicted octanol–water partition coefficient (Wildman–Crippen LogP) is 3.76. The third-order valence-corrected chi connectivity index (χ3v) is 4.16. The number of hydrogen-bond acceptors (Lipinski definition) is 2. The fourth-order valence-corrected chi connectivity index (χ4v) is 2.82. The van der Waals surface area contributed by atoms with E-state index in [4.69, 9.17) is 5.73 Å². The molecule has 2 N–H and O–H groups in total. The third-order valence-electron chi connectivity index (χ3n) is 3.47. The molecule has 16 heavy (non-hydrogen) atoms. The number of halogens is 1. The van der Waals surface area contributed by atoms with Gasteiger partial charge in [0.05, 0.1) is 11.5 Å². The maximum atomic E-state index is 9.46. The van der Waals surface area contributed by atoms with E-state index in [1.165, 1.54) is 6.42 Å². The van der Waals surface area contributed by atoms with E-state index in [2.05, 4.69) is 22.0 Å². The van der Waals surface area contributed by atoms with Crippen molar-refractivity contribution < 1.29 is 0 Å². The van der Waals surface area contributed by atoms with Gasteiger partial charge in [-0.1, -0.05) is 25.3 Å². The highest BCUT2D eigenvalue weighted by Gasteiger charge is 2.34. The Morgan fingerprint density at radius 1 is 1.25 bits per heavy atom. The van der Waals surface area contributed by atoms with Gasteiger partial charge in [-0.05, 0) is 46.5 Å². The Hall–Kier alpha value is -1.01. The van der Waals surface area contributed by atoms with Gasteiger partial charge in [0.1, 0.15) is 0 Å². The van der Waals surface area contributed by atoms with E-state index in [0.29, 0.717) is 0 Å². The SMILES string of the molecule is N#CC1(c2ccc(N)c(Br)c2)CCCCC1. The monoisotopic (exact) mass is 278 g/mol. The molecule has 0 unspecified atom stereocenters. The largest absolute Gasteiger partial charge is 0.398 e. The topological polar surface area (TPSA) is 49.8 Å². The highest BCUT2D eigenvalue weighted by atomic mass is 79.9. The summed E-state index contributed by atoms with van der Waals surface area (Å²) < 4.78 is 0.894. The number of rotatable bonds is 1. The molecular weight excluding hydrogens is 264 g/mol. The molecule has 1 aliphatic carbocycles. The van der Waals surface area contributed by atoms with Gasteiger partial charge in [0.25, 0.3) is 0 Å². The Morgan fingerprint density at radius 3 is 2.50 bits per heavy atom. The molecule has 1 aromatic rings. The van der Waals surface area contributed by atoms with Gasteiger partial charge in [0, 0.05) is 10.2 Å². The molecule has 0 heterocycles. The van der Waals surface area contributed by atoms with Crippen molar-refractivity contribution >= 4 is 21.6 Å². The van der Waals surface area contributed by atoms with E-state index < -0.39 is 0 Å². The van der Waals surface area contributed by atoms with Crippen LogP contribution in [0.15, 0.2) is 22.7 Å². The van der Waals surface area contributed by atoms with Gasteiger partial charge >= 0.3 is 0 Å². The molecule has 0 aliphatic heterocycles. The van der Waals surface area contributed by atoms with Crippen LogP contribution in [0.2, 0.25) is 0 Å². The molecule has 1 aromatic carbocycles. The summed E-state index contributed by atoms with van der Waals surface area (Å²) in [6.07, 6.45) is 5.49. The molecule has 0 spiro atoms. The second-order valence-corrected chi connectivity index (χ2v) is 5.35. The molecule has 0 aromatic heterocycles. The van der Waals surface area contributed by atoms with Crippen molar-refractivity contribution in [3.63, 3.8) is 0 Å².